The number of aliphatic hydroxyl groups is 1. The first-order chi connectivity index (χ1) is 9.81. The SMILES string of the molecule is CCCC(C)(CO)NC(=O)Nc1ccc([N+](=O)[O-])cc1Cl. The number of aliphatic hydroxyl groups excluding tert-OH is 1. The number of carbonyl (C=O) groups excluding carboxylic acids is 1. The predicted octanol–water partition coefficient (Wildman–Crippen LogP) is 2.92. The Kier molecular flexibility index (Phi) is 5.92. The number of amides is 2. The Hall–Kier alpha value is -1.86. The minimum atomic E-state index is -0.730. The maximum atomic E-state index is 11.9. The molecule has 0 aliphatic heterocycles. The number of rotatable bonds is 6. The summed E-state index contributed by atoms with van der Waals surface area (Å²) in [5.41, 5.74) is -0.625. The molecule has 0 heterocycles. The van der Waals surface area contributed by atoms with Crippen molar-refractivity contribution in [2.24, 2.45) is 0 Å². The second-order valence-corrected chi connectivity index (χ2v) is 5.38. The van der Waals surface area contributed by atoms with Crippen LogP contribution < -0.4 is 10.6 Å². The third kappa shape index (κ3) is 4.87. The number of nitrogens with one attached hydrogen (secondary N) is 2. The molecular formula is C13H18ClN3O4. The van der Waals surface area contributed by atoms with E-state index in [1.165, 1.54) is 12.1 Å². The van der Waals surface area contributed by atoms with Crippen LogP contribution in [-0.2, 0) is 0 Å². The number of urea groups is 1. The van der Waals surface area contributed by atoms with Crippen molar-refractivity contribution in [2.75, 3.05) is 11.9 Å². The minimum Gasteiger partial charge on any atom is -0.394 e. The number of anilines is 1. The summed E-state index contributed by atoms with van der Waals surface area (Å²) in [6.45, 7) is 3.48. The van der Waals surface area contributed by atoms with Gasteiger partial charge in [-0.3, -0.25) is 10.1 Å². The Morgan fingerprint density at radius 3 is 2.67 bits per heavy atom. The van der Waals surface area contributed by atoms with Crippen molar-refractivity contribution in [1.82, 2.24) is 5.32 Å². The summed E-state index contributed by atoms with van der Waals surface area (Å²) >= 11 is 5.89. The Bertz CT molecular complexity index is 538. The van der Waals surface area contributed by atoms with Gasteiger partial charge in [-0.25, -0.2) is 4.79 Å². The number of nitro benzene ring substituents is 1. The first kappa shape index (κ1) is 17.2. The van der Waals surface area contributed by atoms with E-state index in [4.69, 9.17) is 11.6 Å². The molecule has 0 aliphatic rings. The zero-order valence-electron chi connectivity index (χ0n) is 11.9. The molecule has 2 amide bonds. The highest BCUT2D eigenvalue weighted by Crippen LogP contribution is 2.26. The van der Waals surface area contributed by atoms with Crippen molar-refractivity contribution in [2.45, 2.75) is 32.2 Å². The monoisotopic (exact) mass is 315 g/mol. The van der Waals surface area contributed by atoms with Crippen LogP contribution in [-0.4, -0.2) is 28.2 Å². The van der Waals surface area contributed by atoms with E-state index >= 15 is 0 Å². The van der Waals surface area contributed by atoms with Gasteiger partial charge in [0.25, 0.3) is 5.69 Å². The minimum absolute atomic E-state index is 0.0699. The number of nitro groups is 1. The standard InChI is InChI=1S/C13H18ClN3O4/c1-3-6-13(2,8-18)16-12(19)15-11-5-4-9(17(20)21)7-10(11)14/h4-5,7,18H,3,6,8H2,1-2H3,(H2,15,16,19). The molecule has 7 nitrogen and oxygen atoms in total. The molecule has 8 heteroatoms. The number of hydrogen-bond acceptors (Lipinski definition) is 4. The number of nitrogens with zero attached hydrogens (tertiary/aromatic N) is 1. The summed E-state index contributed by atoms with van der Waals surface area (Å²) in [6.07, 6.45) is 1.42. The third-order valence-electron chi connectivity index (χ3n) is 2.98. The van der Waals surface area contributed by atoms with Gasteiger partial charge in [-0.15, -0.1) is 0 Å². The highest BCUT2D eigenvalue weighted by Gasteiger charge is 2.24. The molecule has 116 valence electrons. The Morgan fingerprint density at radius 1 is 1.52 bits per heavy atom. The molecule has 1 aromatic carbocycles. The van der Waals surface area contributed by atoms with Gasteiger partial charge in [-0.1, -0.05) is 24.9 Å². The number of halogens is 1. The van der Waals surface area contributed by atoms with Crippen LogP contribution in [0.4, 0.5) is 16.2 Å². The summed E-state index contributed by atoms with van der Waals surface area (Å²) in [4.78, 5) is 21.9. The zero-order chi connectivity index (χ0) is 16.0. The molecule has 1 rings (SSSR count). The lowest BCUT2D eigenvalue weighted by atomic mass is 9.98. The maximum Gasteiger partial charge on any atom is 0.319 e. The largest absolute Gasteiger partial charge is 0.394 e. The molecule has 0 spiro atoms. The van der Waals surface area contributed by atoms with E-state index in [0.29, 0.717) is 6.42 Å². The van der Waals surface area contributed by atoms with E-state index in [1.807, 2.05) is 6.92 Å². The van der Waals surface area contributed by atoms with Crippen molar-refractivity contribution in [3.63, 3.8) is 0 Å². The molecule has 3 N–H and O–H groups in total. The summed E-state index contributed by atoms with van der Waals surface area (Å²) < 4.78 is 0. The molecule has 0 fully saturated rings. The average Bonchev–Trinajstić information content (AvgIpc) is 2.41. The first-order valence-corrected chi connectivity index (χ1v) is 6.83. The normalized spacial score (nSPS) is 13.3. The maximum absolute atomic E-state index is 11.9. The van der Waals surface area contributed by atoms with E-state index in [0.717, 1.165) is 12.5 Å². The zero-order valence-corrected chi connectivity index (χ0v) is 12.6. The van der Waals surface area contributed by atoms with Gasteiger partial charge >= 0.3 is 6.03 Å². The number of non-ortho nitro benzene ring substituents is 1. The van der Waals surface area contributed by atoms with E-state index in [9.17, 15) is 20.0 Å². The van der Waals surface area contributed by atoms with Gasteiger partial charge in [-0.05, 0) is 19.4 Å². The second kappa shape index (κ2) is 7.24. The number of carbonyl (C=O) groups is 1. The average molecular weight is 316 g/mol. The molecule has 0 radical (unpaired) electrons. The highest BCUT2D eigenvalue weighted by atomic mass is 35.5. The summed E-state index contributed by atoms with van der Waals surface area (Å²) in [5.74, 6) is 0. The number of benzene rings is 1. The van der Waals surface area contributed by atoms with Crippen LogP contribution in [0.3, 0.4) is 0 Å². The fraction of sp³-hybridized carbons (Fsp3) is 0.462. The quantitative estimate of drug-likeness (QED) is 0.554. The summed E-state index contributed by atoms with van der Waals surface area (Å²) in [6, 6.07) is 3.24. The third-order valence-corrected chi connectivity index (χ3v) is 3.29. The topological polar surface area (TPSA) is 104 Å². The summed E-state index contributed by atoms with van der Waals surface area (Å²) in [5, 5.41) is 25.2. The smallest absolute Gasteiger partial charge is 0.319 e. The molecule has 1 atom stereocenters. The number of hydrogen-bond donors (Lipinski definition) is 3. The molecule has 0 bridgehead atoms. The highest BCUT2D eigenvalue weighted by molar-refractivity contribution is 6.33. The van der Waals surface area contributed by atoms with Gasteiger partial charge in [-0.2, -0.15) is 0 Å². The van der Waals surface area contributed by atoms with E-state index in [2.05, 4.69) is 10.6 Å². The van der Waals surface area contributed by atoms with Gasteiger partial charge in [0.2, 0.25) is 0 Å². The fourth-order valence-corrected chi connectivity index (χ4v) is 2.10. The van der Waals surface area contributed by atoms with Crippen LogP contribution >= 0.6 is 11.6 Å². The van der Waals surface area contributed by atoms with Crippen molar-refractivity contribution in [1.29, 1.82) is 0 Å². The van der Waals surface area contributed by atoms with Gasteiger partial charge in [0.15, 0.2) is 0 Å². The predicted molar refractivity (Wildman–Crippen MR) is 80.7 cm³/mol. The molecule has 0 aromatic heterocycles. The fourth-order valence-electron chi connectivity index (χ4n) is 1.88. The molecule has 0 aliphatic carbocycles. The van der Waals surface area contributed by atoms with Crippen LogP contribution in [0, 0.1) is 10.1 Å². The van der Waals surface area contributed by atoms with E-state index in [1.54, 1.807) is 6.92 Å². The summed E-state index contributed by atoms with van der Waals surface area (Å²) in [7, 11) is 0. The van der Waals surface area contributed by atoms with Crippen LogP contribution in [0.25, 0.3) is 0 Å². The van der Waals surface area contributed by atoms with Crippen LogP contribution in [0.15, 0.2) is 18.2 Å². The molecule has 0 saturated carbocycles. The van der Waals surface area contributed by atoms with Crippen molar-refractivity contribution < 1.29 is 14.8 Å². The Labute approximate surface area is 127 Å². The lowest BCUT2D eigenvalue weighted by Crippen LogP contribution is -2.50. The van der Waals surface area contributed by atoms with Crippen LogP contribution in [0.2, 0.25) is 5.02 Å². The van der Waals surface area contributed by atoms with Crippen molar-refractivity contribution in [3.05, 3.63) is 33.3 Å². The van der Waals surface area contributed by atoms with E-state index in [-0.39, 0.29) is 23.0 Å². The van der Waals surface area contributed by atoms with Crippen molar-refractivity contribution >= 4 is 29.0 Å². The Balaban J connectivity index is 2.77. The molecular weight excluding hydrogens is 298 g/mol. The molecule has 1 unspecified atom stereocenters. The van der Waals surface area contributed by atoms with Crippen LogP contribution in [0.1, 0.15) is 26.7 Å². The van der Waals surface area contributed by atoms with E-state index < -0.39 is 16.5 Å². The second-order valence-electron chi connectivity index (χ2n) is 4.97. The first-order valence-electron chi connectivity index (χ1n) is 6.45. The molecule has 1 aromatic rings. The molecule has 0 saturated heterocycles. The van der Waals surface area contributed by atoms with Crippen LogP contribution in [0.5, 0.6) is 0 Å². The van der Waals surface area contributed by atoms with Gasteiger partial charge < -0.3 is 15.7 Å². The Morgan fingerprint density at radius 2 is 2.19 bits per heavy atom. The lowest BCUT2D eigenvalue weighted by Gasteiger charge is -2.28. The van der Waals surface area contributed by atoms with Crippen molar-refractivity contribution in [3.8, 4) is 0 Å². The van der Waals surface area contributed by atoms with Gasteiger partial charge in [0.1, 0.15) is 0 Å². The molecule has 21 heavy (non-hydrogen) atoms. The van der Waals surface area contributed by atoms with Gasteiger partial charge in [0.05, 0.1) is 27.8 Å². The lowest BCUT2D eigenvalue weighted by molar-refractivity contribution is -0.384. The van der Waals surface area contributed by atoms with Gasteiger partial charge in [0, 0.05) is 12.1 Å².